The molecule has 2 amide bonds. The van der Waals surface area contributed by atoms with Crippen LogP contribution >= 0.6 is 27.7 Å². The molecule has 1 fully saturated rings. The van der Waals surface area contributed by atoms with E-state index in [4.69, 9.17) is 0 Å². The number of thioether (sulfide) groups is 1. The number of hydrogen-bond donors (Lipinski definition) is 2. The van der Waals surface area contributed by atoms with Crippen molar-refractivity contribution in [3.05, 3.63) is 39.3 Å². The van der Waals surface area contributed by atoms with E-state index in [1.165, 1.54) is 0 Å². The number of amides is 2. The third-order valence-corrected chi connectivity index (χ3v) is 7.06. The highest BCUT2D eigenvalue weighted by Gasteiger charge is 2.52. The Kier molecular flexibility index (Phi) is 6.66. The Bertz CT molecular complexity index is 931. The predicted molar refractivity (Wildman–Crippen MR) is 115 cm³/mol. The van der Waals surface area contributed by atoms with Crippen LogP contribution in [0.2, 0.25) is 0 Å². The molecule has 150 valence electrons. The first-order valence-electron chi connectivity index (χ1n) is 9.43. The number of nitrogens with one attached hydrogen (secondary N) is 2. The lowest BCUT2D eigenvalue weighted by molar-refractivity contribution is -0.127. The maximum Gasteiger partial charge on any atom is 0.243 e. The van der Waals surface area contributed by atoms with Crippen molar-refractivity contribution in [3.63, 3.8) is 0 Å². The van der Waals surface area contributed by atoms with Gasteiger partial charge in [-0.1, -0.05) is 47.5 Å². The standard InChI is InChI=1S/C21H21BrN4O2S/c1-13-3-2-8-21(9-13)16(10-23)19(28)26-20(17(21)11-24)29-12-18(27)25-15-6-4-14(22)5-7-15/h4-7,13,16H,2-3,8-9,12H2,1H3,(H,25,27)(H,26,28)/t13-,16+,21+/m0/s1. The van der Waals surface area contributed by atoms with Crippen LogP contribution in [0.15, 0.2) is 39.3 Å². The molecule has 0 aromatic heterocycles. The third-order valence-electron chi connectivity index (χ3n) is 5.53. The molecule has 1 saturated carbocycles. The minimum Gasteiger partial charge on any atom is -0.325 e. The van der Waals surface area contributed by atoms with Crippen molar-refractivity contribution in [1.29, 1.82) is 10.5 Å². The molecule has 3 rings (SSSR count). The molecule has 0 saturated heterocycles. The van der Waals surface area contributed by atoms with E-state index in [1.807, 2.05) is 12.1 Å². The first-order chi connectivity index (χ1) is 13.9. The van der Waals surface area contributed by atoms with Gasteiger partial charge in [0.2, 0.25) is 11.8 Å². The van der Waals surface area contributed by atoms with Crippen LogP contribution in [0.1, 0.15) is 32.6 Å². The van der Waals surface area contributed by atoms with Crippen molar-refractivity contribution in [2.24, 2.45) is 17.3 Å². The van der Waals surface area contributed by atoms with E-state index in [0.717, 1.165) is 29.1 Å². The number of allylic oxidation sites excluding steroid dienone is 1. The van der Waals surface area contributed by atoms with E-state index < -0.39 is 11.3 Å². The molecule has 6 nitrogen and oxygen atoms in total. The van der Waals surface area contributed by atoms with Gasteiger partial charge >= 0.3 is 0 Å². The summed E-state index contributed by atoms with van der Waals surface area (Å²) < 4.78 is 0.915. The highest BCUT2D eigenvalue weighted by molar-refractivity contribution is 9.10. The van der Waals surface area contributed by atoms with E-state index in [0.29, 0.717) is 35.0 Å². The van der Waals surface area contributed by atoms with Gasteiger partial charge in [-0.15, -0.1) is 0 Å². The second-order valence-electron chi connectivity index (χ2n) is 7.57. The molecule has 29 heavy (non-hydrogen) atoms. The van der Waals surface area contributed by atoms with E-state index in [1.54, 1.807) is 12.1 Å². The second kappa shape index (κ2) is 9.02. The Hall–Kier alpha value is -2.29. The van der Waals surface area contributed by atoms with Gasteiger partial charge in [-0.05, 0) is 43.0 Å². The fourth-order valence-corrected chi connectivity index (χ4v) is 5.45. The largest absolute Gasteiger partial charge is 0.325 e. The monoisotopic (exact) mass is 472 g/mol. The number of nitriles is 2. The minimum absolute atomic E-state index is 0.0553. The second-order valence-corrected chi connectivity index (χ2v) is 9.47. The first kappa shape index (κ1) is 21.4. The maximum atomic E-state index is 12.6. The predicted octanol–water partition coefficient (Wildman–Crippen LogP) is 4.32. The minimum atomic E-state index is -0.874. The maximum absolute atomic E-state index is 12.6. The summed E-state index contributed by atoms with van der Waals surface area (Å²) in [5.41, 5.74) is 0.355. The molecule has 0 radical (unpaired) electrons. The molecule has 0 bridgehead atoms. The van der Waals surface area contributed by atoms with Gasteiger partial charge < -0.3 is 10.6 Å². The van der Waals surface area contributed by atoms with Crippen LogP contribution in [0.25, 0.3) is 0 Å². The van der Waals surface area contributed by atoms with Crippen molar-refractivity contribution >= 4 is 45.2 Å². The van der Waals surface area contributed by atoms with Gasteiger partial charge in [0.05, 0.1) is 28.5 Å². The zero-order valence-electron chi connectivity index (χ0n) is 16.0. The number of carbonyl (C=O) groups excluding carboxylic acids is 2. The van der Waals surface area contributed by atoms with Crippen LogP contribution in [0, 0.1) is 39.9 Å². The zero-order chi connectivity index (χ0) is 21.0. The summed E-state index contributed by atoms with van der Waals surface area (Å²) in [6.45, 7) is 2.09. The molecule has 1 aromatic rings. The Balaban J connectivity index is 1.81. The smallest absolute Gasteiger partial charge is 0.243 e. The van der Waals surface area contributed by atoms with Crippen molar-refractivity contribution in [2.45, 2.75) is 32.6 Å². The number of benzene rings is 1. The molecule has 2 N–H and O–H groups in total. The molecular weight excluding hydrogens is 452 g/mol. The van der Waals surface area contributed by atoms with Crippen LogP contribution < -0.4 is 10.6 Å². The number of carbonyl (C=O) groups is 2. The van der Waals surface area contributed by atoms with Crippen LogP contribution in [0.3, 0.4) is 0 Å². The lowest BCUT2D eigenvalue weighted by atomic mass is 9.59. The Morgan fingerprint density at radius 3 is 2.72 bits per heavy atom. The first-order valence-corrected chi connectivity index (χ1v) is 11.2. The van der Waals surface area contributed by atoms with Gasteiger partial charge in [-0.2, -0.15) is 10.5 Å². The average molecular weight is 473 g/mol. The molecule has 0 unspecified atom stereocenters. The average Bonchev–Trinajstić information content (AvgIpc) is 2.68. The van der Waals surface area contributed by atoms with Crippen LogP contribution in [0.5, 0.6) is 0 Å². The summed E-state index contributed by atoms with van der Waals surface area (Å²) in [4.78, 5) is 25.0. The molecule has 2 aliphatic rings. The third kappa shape index (κ3) is 4.49. The molecular formula is C21H21BrN4O2S. The lowest BCUT2D eigenvalue weighted by Gasteiger charge is -2.45. The fraction of sp³-hybridized carbons (Fsp3) is 0.429. The summed E-state index contributed by atoms with van der Waals surface area (Å²) in [5, 5.41) is 25.5. The molecule has 8 heteroatoms. The van der Waals surface area contributed by atoms with Crippen LogP contribution in [-0.4, -0.2) is 17.6 Å². The van der Waals surface area contributed by atoms with E-state index in [-0.39, 0.29) is 17.6 Å². The SMILES string of the molecule is C[C@H]1CCC[C@]2(C1)C(C#N)=C(SCC(=O)Nc1ccc(Br)cc1)NC(=O)[C@H]2C#N. The molecule has 3 atom stereocenters. The van der Waals surface area contributed by atoms with Crippen LogP contribution in [0.4, 0.5) is 5.69 Å². The summed E-state index contributed by atoms with van der Waals surface area (Å²) in [7, 11) is 0. The van der Waals surface area contributed by atoms with Gasteiger partial charge in [-0.3, -0.25) is 9.59 Å². The number of hydrogen-bond acceptors (Lipinski definition) is 5. The summed E-state index contributed by atoms with van der Waals surface area (Å²) >= 11 is 4.49. The van der Waals surface area contributed by atoms with Gasteiger partial charge in [0, 0.05) is 15.6 Å². The van der Waals surface area contributed by atoms with Gasteiger partial charge in [-0.25, -0.2) is 0 Å². The topological polar surface area (TPSA) is 106 Å². The highest BCUT2D eigenvalue weighted by atomic mass is 79.9. The lowest BCUT2D eigenvalue weighted by Crippen LogP contribution is -2.49. The summed E-state index contributed by atoms with van der Waals surface area (Å²) in [6, 6.07) is 11.6. The number of anilines is 1. The van der Waals surface area contributed by atoms with Crippen molar-refractivity contribution in [1.82, 2.24) is 5.32 Å². The summed E-state index contributed by atoms with van der Waals surface area (Å²) in [6.07, 6.45) is 3.18. The van der Waals surface area contributed by atoms with E-state index in [2.05, 4.69) is 45.6 Å². The number of nitrogens with zero attached hydrogens (tertiary/aromatic N) is 2. The molecule has 1 spiro atoms. The fourth-order valence-electron chi connectivity index (χ4n) is 4.27. The van der Waals surface area contributed by atoms with Crippen molar-refractivity contribution < 1.29 is 9.59 Å². The Morgan fingerprint density at radius 2 is 2.10 bits per heavy atom. The van der Waals surface area contributed by atoms with Crippen molar-refractivity contribution in [2.75, 3.05) is 11.1 Å². The summed E-state index contributed by atoms with van der Waals surface area (Å²) in [5.74, 6) is -1.09. The van der Waals surface area contributed by atoms with E-state index in [9.17, 15) is 20.1 Å². The highest BCUT2D eigenvalue weighted by Crippen LogP contribution is 2.53. The molecule has 1 heterocycles. The molecule has 1 aliphatic carbocycles. The van der Waals surface area contributed by atoms with Crippen LogP contribution in [-0.2, 0) is 9.59 Å². The number of rotatable bonds is 4. The Labute approximate surface area is 182 Å². The zero-order valence-corrected chi connectivity index (χ0v) is 18.4. The normalized spacial score (nSPS) is 26.4. The van der Waals surface area contributed by atoms with E-state index >= 15 is 0 Å². The van der Waals surface area contributed by atoms with Gasteiger partial charge in [0.1, 0.15) is 5.92 Å². The van der Waals surface area contributed by atoms with Crippen molar-refractivity contribution in [3.8, 4) is 12.1 Å². The molecule has 1 aliphatic heterocycles. The quantitative estimate of drug-likeness (QED) is 0.678. The molecule has 1 aromatic carbocycles. The van der Waals surface area contributed by atoms with Gasteiger partial charge in [0.25, 0.3) is 0 Å². The number of halogens is 1. The Morgan fingerprint density at radius 1 is 1.38 bits per heavy atom. The van der Waals surface area contributed by atoms with Gasteiger partial charge in [0.15, 0.2) is 0 Å².